The summed E-state index contributed by atoms with van der Waals surface area (Å²) in [5.41, 5.74) is 2.58. The first-order valence-electron chi connectivity index (χ1n) is 10.3. The highest BCUT2D eigenvalue weighted by molar-refractivity contribution is 6.30. The Bertz CT molecular complexity index is 1010. The number of hydrogen-bond donors (Lipinski definition) is 2. The van der Waals surface area contributed by atoms with Crippen LogP contribution < -0.4 is 15.4 Å². The van der Waals surface area contributed by atoms with E-state index < -0.39 is 0 Å². The van der Waals surface area contributed by atoms with Crippen molar-refractivity contribution in [1.82, 2.24) is 10.2 Å². The number of likely N-dealkylation sites (tertiary alicyclic amines) is 1. The third-order valence-electron chi connectivity index (χ3n) is 5.31. The van der Waals surface area contributed by atoms with Crippen LogP contribution >= 0.6 is 11.6 Å². The van der Waals surface area contributed by atoms with Gasteiger partial charge in [-0.1, -0.05) is 35.9 Å². The van der Waals surface area contributed by atoms with E-state index in [1.54, 1.807) is 17.0 Å². The maximum absolute atomic E-state index is 12.4. The summed E-state index contributed by atoms with van der Waals surface area (Å²) in [5.74, 6) is 0.638. The van der Waals surface area contributed by atoms with Gasteiger partial charge in [-0.05, 0) is 54.8 Å². The molecule has 2 N–H and O–H groups in total. The predicted octanol–water partition coefficient (Wildman–Crippen LogP) is 4.48. The first kappa shape index (κ1) is 21.0. The Kier molecular flexibility index (Phi) is 6.57. The van der Waals surface area contributed by atoms with Crippen molar-refractivity contribution >= 4 is 35.3 Å². The van der Waals surface area contributed by atoms with Crippen molar-refractivity contribution < 1.29 is 14.3 Å². The van der Waals surface area contributed by atoms with E-state index in [4.69, 9.17) is 16.3 Å². The van der Waals surface area contributed by atoms with Crippen LogP contribution in [0.1, 0.15) is 18.4 Å². The molecular weight excluding hydrogens is 414 g/mol. The van der Waals surface area contributed by atoms with Crippen LogP contribution in [-0.4, -0.2) is 42.6 Å². The summed E-state index contributed by atoms with van der Waals surface area (Å²) in [6.07, 6.45) is 6.71. The zero-order valence-electron chi connectivity index (χ0n) is 17.0. The van der Waals surface area contributed by atoms with Gasteiger partial charge >= 0.3 is 6.03 Å². The predicted molar refractivity (Wildman–Crippen MR) is 122 cm³/mol. The molecule has 0 radical (unpaired) electrons. The third-order valence-corrected chi connectivity index (χ3v) is 5.54. The minimum Gasteiger partial charge on any atom is -0.488 e. The number of hydrogen-bond acceptors (Lipinski definition) is 3. The summed E-state index contributed by atoms with van der Waals surface area (Å²) >= 11 is 6.04. The normalized spacial score (nSPS) is 16.3. The smallest absolute Gasteiger partial charge is 0.321 e. The van der Waals surface area contributed by atoms with E-state index in [1.807, 2.05) is 48.5 Å². The topological polar surface area (TPSA) is 70.7 Å². The van der Waals surface area contributed by atoms with E-state index in [0.717, 1.165) is 35.4 Å². The molecule has 0 saturated carbocycles. The van der Waals surface area contributed by atoms with Crippen LogP contribution in [0.4, 0.5) is 10.5 Å². The number of ether oxygens (including phenoxy) is 1. The average Bonchev–Trinajstić information content (AvgIpc) is 2.78. The molecule has 4 rings (SSSR count). The van der Waals surface area contributed by atoms with E-state index in [0.29, 0.717) is 24.7 Å². The Labute approximate surface area is 186 Å². The molecule has 160 valence electrons. The number of carbonyl (C=O) groups excluding carboxylic acids is 2. The number of urea groups is 1. The Morgan fingerprint density at radius 3 is 2.65 bits per heavy atom. The zero-order valence-corrected chi connectivity index (χ0v) is 17.8. The van der Waals surface area contributed by atoms with Gasteiger partial charge < -0.3 is 20.3 Å². The molecule has 2 heterocycles. The van der Waals surface area contributed by atoms with Gasteiger partial charge in [0.2, 0.25) is 5.91 Å². The molecule has 2 aromatic carbocycles. The van der Waals surface area contributed by atoms with Gasteiger partial charge in [0.15, 0.2) is 0 Å². The van der Waals surface area contributed by atoms with E-state index >= 15 is 0 Å². The highest BCUT2D eigenvalue weighted by Crippen LogP contribution is 2.29. The lowest BCUT2D eigenvalue weighted by atomic mass is 10.0. The van der Waals surface area contributed by atoms with Crippen molar-refractivity contribution in [3.05, 3.63) is 76.8 Å². The molecule has 3 amide bonds. The molecule has 2 aliphatic rings. The molecule has 31 heavy (non-hydrogen) atoms. The van der Waals surface area contributed by atoms with Crippen molar-refractivity contribution in [2.24, 2.45) is 0 Å². The van der Waals surface area contributed by atoms with Crippen LogP contribution in [0.25, 0.3) is 6.08 Å². The fraction of sp³-hybridized carbons (Fsp3) is 0.250. The van der Waals surface area contributed by atoms with Gasteiger partial charge in [0.05, 0.1) is 0 Å². The number of halogens is 1. The standard InChI is InChI=1S/C24H24ClN3O3/c25-19-7-8-22-18(15-19)14-17(16-31-22)6-9-23(29)26-21-10-12-28(13-11-21)24(30)27-20-4-2-1-3-5-20/h1-9,14-15,21H,10-13,16H2,(H,26,29)(H,27,30)/b9-6+. The maximum atomic E-state index is 12.4. The van der Waals surface area contributed by atoms with Gasteiger partial charge in [-0.2, -0.15) is 0 Å². The maximum Gasteiger partial charge on any atom is 0.321 e. The Balaban J connectivity index is 1.24. The molecule has 0 bridgehead atoms. The molecule has 1 fully saturated rings. The van der Waals surface area contributed by atoms with E-state index in [2.05, 4.69) is 10.6 Å². The number of para-hydroxylation sites is 1. The second-order valence-electron chi connectivity index (χ2n) is 7.59. The van der Waals surface area contributed by atoms with Crippen LogP contribution in [0.3, 0.4) is 0 Å². The summed E-state index contributed by atoms with van der Waals surface area (Å²) in [6, 6.07) is 14.8. The molecule has 2 aliphatic heterocycles. The van der Waals surface area contributed by atoms with Crippen molar-refractivity contribution in [2.75, 3.05) is 25.0 Å². The molecule has 0 spiro atoms. The highest BCUT2D eigenvalue weighted by atomic mass is 35.5. The number of piperidine rings is 1. The molecule has 0 aromatic heterocycles. The highest BCUT2D eigenvalue weighted by Gasteiger charge is 2.23. The number of anilines is 1. The summed E-state index contributed by atoms with van der Waals surface area (Å²) < 4.78 is 5.70. The molecule has 0 unspecified atom stereocenters. The molecule has 1 saturated heterocycles. The lowest BCUT2D eigenvalue weighted by Crippen LogP contribution is -2.47. The van der Waals surface area contributed by atoms with Crippen LogP contribution in [0.5, 0.6) is 5.75 Å². The number of amides is 3. The average molecular weight is 438 g/mol. The largest absolute Gasteiger partial charge is 0.488 e. The lowest BCUT2D eigenvalue weighted by Gasteiger charge is -2.32. The van der Waals surface area contributed by atoms with E-state index in [-0.39, 0.29) is 18.0 Å². The molecule has 0 aliphatic carbocycles. The molecule has 2 aromatic rings. The number of nitrogens with zero attached hydrogens (tertiary/aromatic N) is 1. The molecule has 6 nitrogen and oxygen atoms in total. The number of carbonyl (C=O) groups is 2. The van der Waals surface area contributed by atoms with Crippen LogP contribution in [-0.2, 0) is 4.79 Å². The summed E-state index contributed by atoms with van der Waals surface area (Å²) in [5, 5.41) is 6.56. The number of benzene rings is 2. The van der Waals surface area contributed by atoms with Crippen molar-refractivity contribution in [1.29, 1.82) is 0 Å². The van der Waals surface area contributed by atoms with Crippen molar-refractivity contribution in [3.8, 4) is 5.75 Å². The van der Waals surface area contributed by atoms with Gasteiger partial charge in [0, 0.05) is 41.5 Å². The first-order chi connectivity index (χ1) is 15.1. The van der Waals surface area contributed by atoms with Crippen molar-refractivity contribution in [2.45, 2.75) is 18.9 Å². The summed E-state index contributed by atoms with van der Waals surface area (Å²) in [4.78, 5) is 26.5. The Morgan fingerprint density at radius 1 is 1.10 bits per heavy atom. The second kappa shape index (κ2) is 9.71. The fourth-order valence-electron chi connectivity index (χ4n) is 3.65. The monoisotopic (exact) mass is 437 g/mol. The first-order valence-corrected chi connectivity index (χ1v) is 10.7. The van der Waals surface area contributed by atoms with E-state index in [9.17, 15) is 9.59 Å². The van der Waals surface area contributed by atoms with Crippen LogP contribution in [0, 0.1) is 0 Å². The van der Waals surface area contributed by atoms with Gasteiger partial charge in [-0.25, -0.2) is 4.79 Å². The SMILES string of the molecule is O=C(/C=C/C1=Cc2cc(Cl)ccc2OC1)NC1CCN(C(=O)Nc2ccccc2)CC1. The lowest BCUT2D eigenvalue weighted by molar-refractivity contribution is -0.117. The summed E-state index contributed by atoms with van der Waals surface area (Å²) in [6.45, 7) is 1.61. The molecule has 0 atom stereocenters. The quantitative estimate of drug-likeness (QED) is 0.692. The van der Waals surface area contributed by atoms with Gasteiger partial charge in [-0.3, -0.25) is 4.79 Å². The van der Waals surface area contributed by atoms with E-state index in [1.165, 1.54) is 6.08 Å². The minimum atomic E-state index is -0.148. The number of nitrogens with one attached hydrogen (secondary N) is 2. The zero-order chi connectivity index (χ0) is 21.6. The summed E-state index contributed by atoms with van der Waals surface area (Å²) in [7, 11) is 0. The Morgan fingerprint density at radius 2 is 1.87 bits per heavy atom. The minimum absolute atomic E-state index is 0.0500. The second-order valence-corrected chi connectivity index (χ2v) is 8.03. The number of rotatable bonds is 4. The van der Waals surface area contributed by atoms with Gasteiger partial charge in [-0.15, -0.1) is 0 Å². The molecular formula is C24H24ClN3O3. The molecule has 7 heteroatoms. The third kappa shape index (κ3) is 5.67. The van der Waals surface area contributed by atoms with Gasteiger partial charge in [0.1, 0.15) is 12.4 Å². The fourth-order valence-corrected chi connectivity index (χ4v) is 3.83. The van der Waals surface area contributed by atoms with Crippen LogP contribution in [0.15, 0.2) is 66.3 Å². The Hall–Kier alpha value is -3.25. The van der Waals surface area contributed by atoms with Crippen molar-refractivity contribution in [3.63, 3.8) is 0 Å². The van der Waals surface area contributed by atoms with Gasteiger partial charge in [0.25, 0.3) is 0 Å². The number of fused-ring (bicyclic) bond motifs is 1. The van der Waals surface area contributed by atoms with Crippen LogP contribution in [0.2, 0.25) is 5.02 Å².